The van der Waals surface area contributed by atoms with E-state index in [9.17, 15) is 14.4 Å². The number of hydrogen-bond donors (Lipinski definition) is 0. The molecular formula is C15H24O5. The van der Waals surface area contributed by atoms with E-state index in [1.807, 2.05) is 0 Å². The highest BCUT2D eigenvalue weighted by Crippen LogP contribution is 2.32. The van der Waals surface area contributed by atoms with E-state index in [0.717, 1.165) is 19.3 Å². The van der Waals surface area contributed by atoms with E-state index >= 15 is 0 Å². The summed E-state index contributed by atoms with van der Waals surface area (Å²) in [6.07, 6.45) is 3.12. The average Bonchev–Trinajstić information content (AvgIpc) is 2.40. The Morgan fingerprint density at radius 3 is 2.15 bits per heavy atom. The van der Waals surface area contributed by atoms with Gasteiger partial charge in [-0.05, 0) is 32.6 Å². The molecule has 1 saturated carbocycles. The molecule has 0 aromatic rings. The van der Waals surface area contributed by atoms with Crippen LogP contribution >= 0.6 is 0 Å². The van der Waals surface area contributed by atoms with Crippen molar-refractivity contribution < 1.29 is 23.9 Å². The monoisotopic (exact) mass is 284 g/mol. The highest BCUT2D eigenvalue weighted by Gasteiger charge is 2.41. The summed E-state index contributed by atoms with van der Waals surface area (Å²) < 4.78 is 9.94. The molecule has 0 saturated heterocycles. The van der Waals surface area contributed by atoms with E-state index < -0.39 is 17.9 Å². The van der Waals surface area contributed by atoms with Gasteiger partial charge in [-0.25, -0.2) is 0 Å². The lowest BCUT2D eigenvalue weighted by Crippen LogP contribution is -2.39. The van der Waals surface area contributed by atoms with Crippen LogP contribution in [-0.2, 0) is 23.9 Å². The van der Waals surface area contributed by atoms with Gasteiger partial charge in [0.25, 0.3) is 0 Å². The van der Waals surface area contributed by atoms with Gasteiger partial charge in [-0.15, -0.1) is 0 Å². The van der Waals surface area contributed by atoms with Crippen LogP contribution in [-0.4, -0.2) is 30.9 Å². The van der Waals surface area contributed by atoms with Gasteiger partial charge in [-0.2, -0.15) is 0 Å². The highest BCUT2D eigenvalue weighted by molar-refractivity contribution is 5.96. The van der Waals surface area contributed by atoms with Gasteiger partial charge in [0.1, 0.15) is 5.78 Å². The zero-order chi connectivity index (χ0) is 15.1. The van der Waals surface area contributed by atoms with Gasteiger partial charge in [0.2, 0.25) is 0 Å². The minimum atomic E-state index is -0.998. The van der Waals surface area contributed by atoms with E-state index in [-0.39, 0.29) is 30.8 Å². The molecule has 0 radical (unpaired) electrons. The molecule has 0 aromatic carbocycles. The second-order valence-corrected chi connectivity index (χ2v) is 5.16. The average molecular weight is 284 g/mol. The van der Waals surface area contributed by atoms with Gasteiger partial charge in [-0.1, -0.05) is 13.3 Å². The number of carbonyl (C=O) groups is 3. The Bertz CT molecular complexity index is 345. The molecule has 0 N–H and O–H groups in total. The lowest BCUT2D eigenvalue weighted by molar-refractivity contribution is -0.165. The van der Waals surface area contributed by atoms with Gasteiger partial charge >= 0.3 is 11.9 Å². The van der Waals surface area contributed by atoms with Crippen LogP contribution in [0, 0.1) is 17.8 Å². The van der Waals surface area contributed by atoms with Gasteiger partial charge in [0.05, 0.1) is 13.2 Å². The molecule has 0 aromatic heterocycles. The van der Waals surface area contributed by atoms with Crippen molar-refractivity contribution in [3.63, 3.8) is 0 Å². The fraction of sp³-hybridized carbons (Fsp3) is 0.800. The Labute approximate surface area is 120 Å². The maximum atomic E-state index is 12.0. The quantitative estimate of drug-likeness (QED) is 0.552. The van der Waals surface area contributed by atoms with Crippen LogP contribution in [0.4, 0.5) is 0 Å². The van der Waals surface area contributed by atoms with Gasteiger partial charge in [-0.3, -0.25) is 14.4 Å². The molecule has 5 heteroatoms. The van der Waals surface area contributed by atoms with Gasteiger partial charge in [0, 0.05) is 12.3 Å². The summed E-state index contributed by atoms with van der Waals surface area (Å²) in [5.74, 6) is -2.65. The van der Waals surface area contributed by atoms with Crippen molar-refractivity contribution in [3.05, 3.63) is 0 Å². The number of Topliss-reactive ketones (excluding diaryl/α,β-unsaturated/α-hetero) is 1. The topological polar surface area (TPSA) is 69.7 Å². The third-order valence-corrected chi connectivity index (χ3v) is 3.84. The van der Waals surface area contributed by atoms with Crippen LogP contribution in [0.3, 0.4) is 0 Å². The minimum Gasteiger partial charge on any atom is -0.465 e. The molecule has 0 amide bonds. The summed E-state index contributed by atoms with van der Waals surface area (Å²) in [5.41, 5.74) is 0. The lowest BCUT2D eigenvalue weighted by Gasteiger charge is -2.30. The summed E-state index contributed by atoms with van der Waals surface area (Å²) in [7, 11) is 0. The molecule has 1 rings (SSSR count). The molecule has 2 atom stereocenters. The third kappa shape index (κ3) is 4.05. The predicted molar refractivity (Wildman–Crippen MR) is 72.9 cm³/mol. The van der Waals surface area contributed by atoms with Crippen molar-refractivity contribution >= 4 is 17.7 Å². The van der Waals surface area contributed by atoms with Crippen molar-refractivity contribution in [2.75, 3.05) is 13.2 Å². The third-order valence-electron chi connectivity index (χ3n) is 3.84. The Kier molecular flexibility index (Phi) is 6.68. The summed E-state index contributed by atoms with van der Waals surface area (Å²) in [4.78, 5) is 36.0. The normalized spacial score (nSPS) is 20.6. The SMILES string of the molecule is CCOC(=O)C(C(=O)OCC)C(C)C1CCCCC1=O. The Hall–Kier alpha value is -1.39. The number of esters is 2. The van der Waals surface area contributed by atoms with E-state index in [1.165, 1.54) is 0 Å². The Morgan fingerprint density at radius 1 is 1.15 bits per heavy atom. The smallest absolute Gasteiger partial charge is 0.320 e. The molecule has 1 aliphatic rings. The van der Waals surface area contributed by atoms with Crippen molar-refractivity contribution in [3.8, 4) is 0 Å². The van der Waals surface area contributed by atoms with E-state index in [2.05, 4.69) is 0 Å². The first-order chi connectivity index (χ1) is 9.52. The number of hydrogen-bond acceptors (Lipinski definition) is 5. The summed E-state index contributed by atoms with van der Waals surface area (Å²) in [6, 6.07) is 0. The van der Waals surface area contributed by atoms with Crippen LogP contribution in [0.2, 0.25) is 0 Å². The summed E-state index contributed by atoms with van der Waals surface area (Å²) in [5, 5.41) is 0. The van der Waals surface area contributed by atoms with E-state index in [1.54, 1.807) is 20.8 Å². The fourth-order valence-electron chi connectivity index (χ4n) is 2.79. The van der Waals surface area contributed by atoms with Gasteiger partial charge < -0.3 is 9.47 Å². The maximum Gasteiger partial charge on any atom is 0.320 e. The number of ether oxygens (including phenoxy) is 2. The predicted octanol–water partition coefficient (Wildman–Crippen LogP) is 2.12. The Morgan fingerprint density at radius 2 is 1.70 bits per heavy atom. The van der Waals surface area contributed by atoms with Crippen LogP contribution in [0.1, 0.15) is 46.5 Å². The zero-order valence-corrected chi connectivity index (χ0v) is 12.5. The van der Waals surface area contributed by atoms with E-state index in [4.69, 9.17) is 9.47 Å². The first-order valence-corrected chi connectivity index (χ1v) is 7.38. The van der Waals surface area contributed by atoms with Crippen molar-refractivity contribution in [2.45, 2.75) is 46.5 Å². The second-order valence-electron chi connectivity index (χ2n) is 5.16. The van der Waals surface area contributed by atoms with Crippen LogP contribution in [0.15, 0.2) is 0 Å². The molecule has 0 spiro atoms. The zero-order valence-electron chi connectivity index (χ0n) is 12.5. The standard InChI is InChI=1S/C15H24O5/c1-4-19-14(17)13(15(18)20-5-2)10(3)11-8-6-7-9-12(11)16/h10-11,13H,4-9H2,1-3H3. The van der Waals surface area contributed by atoms with Crippen molar-refractivity contribution in [1.82, 2.24) is 0 Å². The van der Waals surface area contributed by atoms with Crippen molar-refractivity contribution in [2.24, 2.45) is 17.8 Å². The van der Waals surface area contributed by atoms with Crippen LogP contribution in [0.5, 0.6) is 0 Å². The fourth-order valence-corrected chi connectivity index (χ4v) is 2.79. The van der Waals surface area contributed by atoms with Crippen LogP contribution < -0.4 is 0 Å². The molecular weight excluding hydrogens is 260 g/mol. The number of carbonyl (C=O) groups excluding carboxylic acids is 3. The lowest BCUT2D eigenvalue weighted by atomic mass is 9.74. The van der Waals surface area contributed by atoms with Crippen LogP contribution in [0.25, 0.3) is 0 Å². The molecule has 20 heavy (non-hydrogen) atoms. The molecule has 0 bridgehead atoms. The molecule has 0 aliphatic heterocycles. The Balaban J connectivity index is 2.87. The minimum absolute atomic E-state index is 0.141. The summed E-state index contributed by atoms with van der Waals surface area (Å²) >= 11 is 0. The first-order valence-electron chi connectivity index (χ1n) is 7.38. The number of rotatable bonds is 6. The largest absolute Gasteiger partial charge is 0.465 e. The molecule has 0 heterocycles. The van der Waals surface area contributed by atoms with Crippen molar-refractivity contribution in [1.29, 1.82) is 0 Å². The molecule has 5 nitrogen and oxygen atoms in total. The van der Waals surface area contributed by atoms with E-state index in [0.29, 0.717) is 6.42 Å². The highest BCUT2D eigenvalue weighted by atomic mass is 16.6. The molecule has 1 aliphatic carbocycles. The molecule has 1 fully saturated rings. The maximum absolute atomic E-state index is 12.0. The molecule has 114 valence electrons. The number of ketones is 1. The summed E-state index contributed by atoms with van der Waals surface area (Å²) in [6.45, 7) is 5.57. The van der Waals surface area contributed by atoms with Gasteiger partial charge in [0.15, 0.2) is 5.92 Å². The molecule has 2 unspecified atom stereocenters. The first kappa shape index (κ1) is 16.7. The second kappa shape index (κ2) is 8.02.